The Labute approximate surface area is 133 Å². The molecule has 2 bridgehead atoms. The highest BCUT2D eigenvalue weighted by molar-refractivity contribution is 5.71. The van der Waals surface area contributed by atoms with Gasteiger partial charge >= 0.3 is 6.18 Å². The molecule has 2 unspecified atom stereocenters. The fourth-order valence-corrected chi connectivity index (χ4v) is 3.94. The van der Waals surface area contributed by atoms with Crippen LogP contribution in [0.5, 0.6) is 0 Å². The SMILES string of the molecule is FC(F)(F)C1CCCN(c2ccc3c(n2)NC2CCCN3C2)C1. The summed E-state index contributed by atoms with van der Waals surface area (Å²) in [4.78, 5) is 8.75. The van der Waals surface area contributed by atoms with E-state index in [1.807, 2.05) is 12.1 Å². The zero-order chi connectivity index (χ0) is 16.0. The molecule has 1 aromatic heterocycles. The molecule has 3 aliphatic heterocycles. The molecule has 126 valence electrons. The molecule has 1 N–H and O–H groups in total. The topological polar surface area (TPSA) is 31.4 Å². The average Bonchev–Trinajstić information content (AvgIpc) is 2.54. The Morgan fingerprint density at radius 1 is 1.04 bits per heavy atom. The van der Waals surface area contributed by atoms with E-state index in [0.29, 0.717) is 24.8 Å². The first-order chi connectivity index (χ1) is 11.0. The lowest BCUT2D eigenvalue weighted by Crippen LogP contribution is -2.46. The fraction of sp³-hybridized carbons (Fsp3) is 0.688. The maximum absolute atomic E-state index is 13.0. The second-order valence-electron chi connectivity index (χ2n) is 6.79. The van der Waals surface area contributed by atoms with Gasteiger partial charge in [0.25, 0.3) is 0 Å². The van der Waals surface area contributed by atoms with Crippen LogP contribution in [0.4, 0.5) is 30.5 Å². The lowest BCUT2D eigenvalue weighted by Gasteiger charge is -2.41. The van der Waals surface area contributed by atoms with Crippen LogP contribution in [-0.4, -0.2) is 43.4 Å². The third kappa shape index (κ3) is 2.81. The summed E-state index contributed by atoms with van der Waals surface area (Å²) in [6, 6.07) is 4.28. The Balaban J connectivity index is 1.57. The number of alkyl halides is 3. The van der Waals surface area contributed by atoms with Crippen LogP contribution in [0.3, 0.4) is 0 Å². The van der Waals surface area contributed by atoms with Crippen molar-refractivity contribution in [2.24, 2.45) is 5.92 Å². The van der Waals surface area contributed by atoms with Crippen molar-refractivity contribution >= 4 is 17.3 Å². The van der Waals surface area contributed by atoms with Gasteiger partial charge in [-0.25, -0.2) is 4.98 Å². The van der Waals surface area contributed by atoms with Crippen molar-refractivity contribution in [3.05, 3.63) is 12.1 Å². The van der Waals surface area contributed by atoms with Gasteiger partial charge in [-0.3, -0.25) is 0 Å². The van der Waals surface area contributed by atoms with Crippen molar-refractivity contribution in [1.29, 1.82) is 0 Å². The van der Waals surface area contributed by atoms with Crippen LogP contribution >= 0.6 is 0 Å². The number of anilines is 3. The van der Waals surface area contributed by atoms with Gasteiger partial charge in [0.2, 0.25) is 0 Å². The highest BCUT2D eigenvalue weighted by atomic mass is 19.4. The van der Waals surface area contributed by atoms with Crippen LogP contribution < -0.4 is 15.1 Å². The first kappa shape index (κ1) is 14.9. The third-order valence-corrected chi connectivity index (χ3v) is 5.17. The number of fused-ring (bicyclic) bond motifs is 4. The number of nitrogens with zero attached hydrogens (tertiary/aromatic N) is 3. The number of hydrogen-bond donors (Lipinski definition) is 1. The van der Waals surface area contributed by atoms with Crippen molar-refractivity contribution in [2.75, 3.05) is 41.3 Å². The summed E-state index contributed by atoms with van der Waals surface area (Å²) in [5, 5.41) is 3.45. The minimum Gasteiger partial charge on any atom is -0.366 e. The smallest absolute Gasteiger partial charge is 0.366 e. The monoisotopic (exact) mass is 326 g/mol. The molecule has 0 amide bonds. The molecule has 4 rings (SSSR count). The number of aromatic nitrogens is 1. The molecule has 0 aliphatic carbocycles. The van der Waals surface area contributed by atoms with Gasteiger partial charge in [0, 0.05) is 32.2 Å². The molecule has 2 atom stereocenters. The third-order valence-electron chi connectivity index (χ3n) is 5.17. The van der Waals surface area contributed by atoms with Gasteiger partial charge in [-0.2, -0.15) is 13.2 Å². The minimum absolute atomic E-state index is 0.0163. The highest BCUT2D eigenvalue weighted by Crippen LogP contribution is 2.37. The van der Waals surface area contributed by atoms with Crippen LogP contribution in [0.25, 0.3) is 0 Å². The molecule has 23 heavy (non-hydrogen) atoms. The Bertz CT molecular complexity index is 589. The van der Waals surface area contributed by atoms with Crippen molar-refractivity contribution in [3.63, 3.8) is 0 Å². The van der Waals surface area contributed by atoms with E-state index in [0.717, 1.165) is 37.4 Å². The second kappa shape index (κ2) is 5.46. The van der Waals surface area contributed by atoms with Gasteiger partial charge in [0.05, 0.1) is 11.6 Å². The lowest BCUT2D eigenvalue weighted by atomic mass is 9.97. The molecule has 2 fully saturated rings. The van der Waals surface area contributed by atoms with Crippen molar-refractivity contribution < 1.29 is 13.2 Å². The van der Waals surface area contributed by atoms with Crippen molar-refractivity contribution in [2.45, 2.75) is 37.9 Å². The van der Waals surface area contributed by atoms with E-state index < -0.39 is 12.1 Å². The Morgan fingerprint density at radius 3 is 2.65 bits per heavy atom. The number of halogens is 3. The molecule has 1 aromatic rings. The number of pyridine rings is 1. The predicted molar refractivity (Wildman–Crippen MR) is 84.1 cm³/mol. The summed E-state index contributed by atoms with van der Waals surface area (Å²) in [5.74, 6) is 0.240. The van der Waals surface area contributed by atoms with E-state index in [4.69, 9.17) is 0 Å². The average molecular weight is 326 g/mol. The molecule has 7 heteroatoms. The van der Waals surface area contributed by atoms with Crippen LogP contribution in [0.15, 0.2) is 12.1 Å². The maximum atomic E-state index is 13.0. The normalized spacial score (nSPS) is 27.4. The number of piperidine rings is 2. The van der Waals surface area contributed by atoms with Gasteiger partial charge in [-0.1, -0.05) is 0 Å². The van der Waals surface area contributed by atoms with Gasteiger partial charge < -0.3 is 15.1 Å². The first-order valence-electron chi connectivity index (χ1n) is 8.35. The maximum Gasteiger partial charge on any atom is 0.393 e. The lowest BCUT2D eigenvalue weighted by molar-refractivity contribution is -0.176. The zero-order valence-corrected chi connectivity index (χ0v) is 12.9. The van der Waals surface area contributed by atoms with Crippen molar-refractivity contribution in [1.82, 2.24) is 4.98 Å². The van der Waals surface area contributed by atoms with E-state index >= 15 is 0 Å². The van der Waals surface area contributed by atoms with E-state index in [9.17, 15) is 13.2 Å². The largest absolute Gasteiger partial charge is 0.393 e. The molecule has 0 spiro atoms. The van der Waals surface area contributed by atoms with Crippen molar-refractivity contribution in [3.8, 4) is 0 Å². The molecular formula is C16H21F3N4. The molecule has 2 saturated heterocycles. The van der Waals surface area contributed by atoms with Crippen LogP contribution in [0, 0.1) is 5.92 Å². The molecular weight excluding hydrogens is 305 g/mol. The van der Waals surface area contributed by atoms with Crippen LogP contribution in [-0.2, 0) is 0 Å². The summed E-state index contributed by atoms with van der Waals surface area (Å²) < 4.78 is 39.0. The minimum atomic E-state index is -4.12. The second-order valence-corrected chi connectivity index (χ2v) is 6.79. The summed E-state index contributed by atoms with van der Waals surface area (Å²) in [6.45, 7) is 2.69. The van der Waals surface area contributed by atoms with Gasteiger partial charge in [0.15, 0.2) is 5.82 Å². The summed E-state index contributed by atoms with van der Waals surface area (Å²) in [6.07, 6.45) is -1.04. The molecule has 4 nitrogen and oxygen atoms in total. The van der Waals surface area contributed by atoms with E-state index in [-0.39, 0.29) is 13.0 Å². The van der Waals surface area contributed by atoms with Crippen LogP contribution in [0.1, 0.15) is 25.7 Å². The standard InChI is InChI=1S/C16H21F3N4/c17-16(18,19)11-3-1-8-23(9-11)14-6-5-13-15(21-14)20-12-4-2-7-22(13)10-12/h5-6,11-12H,1-4,7-10H2,(H,20,21). The van der Waals surface area contributed by atoms with Gasteiger partial charge in [-0.05, 0) is 37.8 Å². The number of hydrogen-bond acceptors (Lipinski definition) is 4. The molecule has 0 saturated carbocycles. The molecule has 0 radical (unpaired) electrons. The number of nitrogens with one attached hydrogen (secondary N) is 1. The molecule has 3 aliphatic rings. The Morgan fingerprint density at radius 2 is 1.83 bits per heavy atom. The highest BCUT2D eigenvalue weighted by Gasteiger charge is 2.42. The first-order valence-corrected chi connectivity index (χ1v) is 8.35. The Kier molecular flexibility index (Phi) is 3.54. The summed E-state index contributed by atoms with van der Waals surface area (Å²) >= 11 is 0. The number of rotatable bonds is 1. The van der Waals surface area contributed by atoms with E-state index in [1.54, 1.807) is 4.90 Å². The predicted octanol–water partition coefficient (Wildman–Crippen LogP) is 3.25. The quantitative estimate of drug-likeness (QED) is 0.858. The van der Waals surface area contributed by atoms with Gasteiger partial charge in [0.1, 0.15) is 5.82 Å². The van der Waals surface area contributed by atoms with Gasteiger partial charge in [-0.15, -0.1) is 0 Å². The van der Waals surface area contributed by atoms with Crippen LogP contribution in [0.2, 0.25) is 0 Å². The summed E-state index contributed by atoms with van der Waals surface area (Å²) in [5.41, 5.74) is 1.08. The van der Waals surface area contributed by atoms with E-state index in [2.05, 4.69) is 15.2 Å². The Hall–Kier alpha value is -1.66. The fourth-order valence-electron chi connectivity index (χ4n) is 3.94. The summed E-state index contributed by atoms with van der Waals surface area (Å²) in [7, 11) is 0. The molecule has 0 aromatic carbocycles. The molecule has 4 heterocycles. The zero-order valence-electron chi connectivity index (χ0n) is 12.9. The van der Waals surface area contributed by atoms with E-state index in [1.165, 1.54) is 0 Å².